The molecule has 0 spiro atoms. The molecule has 0 amide bonds. The molecule has 0 fully saturated rings. The van der Waals surface area contributed by atoms with Gasteiger partial charge in [0.05, 0.1) is 16.7 Å². The number of rotatable bonds is 2. The minimum atomic E-state index is 0.923. The first-order valence-electron chi connectivity index (χ1n) is 6.71. The predicted molar refractivity (Wildman–Crippen MR) is 82.1 cm³/mol. The van der Waals surface area contributed by atoms with Crippen LogP contribution in [0.3, 0.4) is 0 Å². The van der Waals surface area contributed by atoms with Gasteiger partial charge in [0.25, 0.3) is 0 Å². The largest absolute Gasteiger partial charge is 0.299 e. The second-order valence-electron chi connectivity index (χ2n) is 4.74. The summed E-state index contributed by atoms with van der Waals surface area (Å²) in [6, 6.07) is 18.3. The Morgan fingerprint density at radius 2 is 1.67 bits per heavy atom. The Kier molecular flexibility index (Phi) is 2.71. The molecule has 100 valence electrons. The normalized spacial score (nSPS) is 10.9. The number of fused-ring (bicyclic) bond motifs is 1. The number of hydrogen-bond donors (Lipinski definition) is 0. The second-order valence-corrected chi connectivity index (χ2v) is 4.74. The third kappa shape index (κ3) is 2.07. The minimum absolute atomic E-state index is 0.923. The lowest BCUT2D eigenvalue weighted by Crippen LogP contribution is -1.92. The minimum Gasteiger partial charge on any atom is -0.299 e. The average molecular weight is 272 g/mol. The highest BCUT2D eigenvalue weighted by Gasteiger charge is 2.04. The monoisotopic (exact) mass is 272 g/mol. The van der Waals surface area contributed by atoms with E-state index in [1.54, 1.807) is 12.5 Å². The summed E-state index contributed by atoms with van der Waals surface area (Å²) >= 11 is 0. The van der Waals surface area contributed by atoms with Crippen LogP contribution in [-0.4, -0.2) is 19.5 Å². The van der Waals surface area contributed by atoms with E-state index in [1.165, 1.54) is 0 Å². The van der Waals surface area contributed by atoms with Gasteiger partial charge in [0.2, 0.25) is 0 Å². The highest BCUT2D eigenvalue weighted by Crippen LogP contribution is 2.21. The van der Waals surface area contributed by atoms with Crippen molar-refractivity contribution in [1.29, 1.82) is 0 Å². The first-order chi connectivity index (χ1) is 10.4. The van der Waals surface area contributed by atoms with Gasteiger partial charge in [-0.05, 0) is 30.3 Å². The van der Waals surface area contributed by atoms with Crippen LogP contribution in [0.5, 0.6) is 0 Å². The van der Waals surface area contributed by atoms with E-state index in [2.05, 4.69) is 49.9 Å². The molecule has 0 unspecified atom stereocenters. The Morgan fingerprint density at radius 3 is 2.48 bits per heavy atom. The van der Waals surface area contributed by atoms with Gasteiger partial charge < -0.3 is 0 Å². The Morgan fingerprint density at radius 1 is 0.810 bits per heavy atom. The molecule has 4 nitrogen and oxygen atoms in total. The average Bonchev–Trinajstić information content (AvgIpc) is 3.00. The quantitative estimate of drug-likeness (QED) is 0.561. The number of imidazole rings is 1. The van der Waals surface area contributed by atoms with Gasteiger partial charge in [0.1, 0.15) is 12.7 Å². The molecule has 2 heterocycles. The van der Waals surface area contributed by atoms with Gasteiger partial charge in [-0.25, -0.2) is 15.0 Å². The van der Waals surface area contributed by atoms with Crippen LogP contribution in [0.2, 0.25) is 0 Å². The zero-order valence-electron chi connectivity index (χ0n) is 11.2. The molecule has 4 aromatic rings. The molecular formula is C17H12N4. The van der Waals surface area contributed by atoms with Gasteiger partial charge in [0, 0.05) is 17.4 Å². The van der Waals surface area contributed by atoms with Crippen molar-refractivity contribution in [3.8, 4) is 16.9 Å². The molecule has 21 heavy (non-hydrogen) atoms. The van der Waals surface area contributed by atoms with E-state index in [-0.39, 0.29) is 0 Å². The van der Waals surface area contributed by atoms with E-state index in [0.29, 0.717) is 0 Å². The molecule has 0 saturated heterocycles. The van der Waals surface area contributed by atoms with E-state index in [9.17, 15) is 0 Å². The first-order valence-corrected chi connectivity index (χ1v) is 6.71. The standard InChI is InChI=1S/C17H12N4/c1-2-4-17-16(3-1)20-12-21(17)14-7-5-13(6-8-14)15-9-10-18-11-19-15/h1-12H. The van der Waals surface area contributed by atoms with Crippen molar-refractivity contribution < 1.29 is 0 Å². The lowest BCUT2D eigenvalue weighted by molar-refractivity contribution is 1.09. The molecule has 0 aliphatic carbocycles. The summed E-state index contributed by atoms with van der Waals surface area (Å²) in [5, 5.41) is 0. The third-order valence-electron chi connectivity index (χ3n) is 3.48. The molecule has 0 saturated carbocycles. The molecule has 0 atom stereocenters. The smallest absolute Gasteiger partial charge is 0.116 e. The van der Waals surface area contributed by atoms with Gasteiger partial charge in [-0.15, -0.1) is 0 Å². The predicted octanol–water partition coefficient (Wildman–Crippen LogP) is 3.48. The van der Waals surface area contributed by atoms with Crippen LogP contribution in [-0.2, 0) is 0 Å². The van der Waals surface area contributed by atoms with Crippen LogP contribution < -0.4 is 0 Å². The molecule has 0 aliphatic heterocycles. The van der Waals surface area contributed by atoms with Crippen LogP contribution in [0.4, 0.5) is 0 Å². The molecule has 2 aromatic carbocycles. The number of aromatic nitrogens is 4. The van der Waals surface area contributed by atoms with Crippen molar-refractivity contribution in [1.82, 2.24) is 19.5 Å². The van der Waals surface area contributed by atoms with Gasteiger partial charge in [-0.3, -0.25) is 4.57 Å². The number of nitrogens with zero attached hydrogens (tertiary/aromatic N) is 4. The van der Waals surface area contributed by atoms with Crippen molar-refractivity contribution in [3.63, 3.8) is 0 Å². The molecular weight excluding hydrogens is 260 g/mol. The summed E-state index contributed by atoms with van der Waals surface area (Å²) in [6.07, 6.45) is 5.16. The summed E-state index contributed by atoms with van der Waals surface area (Å²) in [5.74, 6) is 0. The van der Waals surface area contributed by atoms with Crippen LogP contribution in [0, 0.1) is 0 Å². The maximum Gasteiger partial charge on any atom is 0.116 e. The van der Waals surface area contributed by atoms with Crippen molar-refractivity contribution in [2.24, 2.45) is 0 Å². The van der Waals surface area contributed by atoms with Crippen LogP contribution in [0.15, 0.2) is 73.4 Å². The summed E-state index contributed by atoms with van der Waals surface area (Å²) < 4.78 is 2.08. The maximum atomic E-state index is 4.42. The Hall–Kier alpha value is -3.01. The Bertz CT molecular complexity index is 879. The van der Waals surface area contributed by atoms with E-state index in [1.807, 2.05) is 30.6 Å². The molecule has 2 aromatic heterocycles. The fourth-order valence-electron chi connectivity index (χ4n) is 2.42. The third-order valence-corrected chi connectivity index (χ3v) is 3.48. The Labute approximate surface area is 121 Å². The zero-order valence-corrected chi connectivity index (χ0v) is 11.2. The van der Waals surface area contributed by atoms with Gasteiger partial charge in [0.15, 0.2) is 0 Å². The fraction of sp³-hybridized carbons (Fsp3) is 0. The molecule has 0 N–H and O–H groups in total. The SMILES string of the molecule is c1ccc2c(c1)ncn2-c1ccc(-c2ccncn2)cc1. The highest BCUT2D eigenvalue weighted by atomic mass is 15.0. The summed E-state index contributed by atoms with van der Waals surface area (Å²) in [4.78, 5) is 12.6. The van der Waals surface area contributed by atoms with Crippen LogP contribution in [0.25, 0.3) is 28.0 Å². The summed E-state index contributed by atoms with van der Waals surface area (Å²) in [6.45, 7) is 0. The topological polar surface area (TPSA) is 43.6 Å². The van der Waals surface area contributed by atoms with Crippen LogP contribution in [0.1, 0.15) is 0 Å². The lowest BCUT2D eigenvalue weighted by Gasteiger charge is -2.06. The van der Waals surface area contributed by atoms with Crippen molar-refractivity contribution in [2.45, 2.75) is 0 Å². The van der Waals surface area contributed by atoms with E-state index >= 15 is 0 Å². The Balaban J connectivity index is 1.77. The number of benzene rings is 2. The highest BCUT2D eigenvalue weighted by molar-refractivity contribution is 5.77. The fourth-order valence-corrected chi connectivity index (χ4v) is 2.42. The maximum absolute atomic E-state index is 4.42. The van der Waals surface area contributed by atoms with Crippen LogP contribution >= 0.6 is 0 Å². The van der Waals surface area contributed by atoms with E-state index < -0.39 is 0 Å². The molecule has 0 radical (unpaired) electrons. The van der Waals surface area contributed by atoms with E-state index in [0.717, 1.165) is 28.0 Å². The molecule has 0 aliphatic rings. The summed E-state index contributed by atoms with van der Waals surface area (Å²) in [7, 11) is 0. The molecule has 4 heteroatoms. The van der Waals surface area contributed by atoms with Crippen molar-refractivity contribution >= 4 is 11.0 Å². The first kappa shape index (κ1) is 11.8. The van der Waals surface area contributed by atoms with Crippen molar-refractivity contribution in [3.05, 3.63) is 73.4 Å². The molecule has 4 rings (SSSR count). The number of para-hydroxylation sites is 2. The molecule has 0 bridgehead atoms. The summed E-state index contributed by atoms with van der Waals surface area (Å²) in [5.41, 5.74) is 5.18. The second kappa shape index (κ2) is 4.83. The van der Waals surface area contributed by atoms with Gasteiger partial charge in [-0.1, -0.05) is 24.3 Å². The zero-order chi connectivity index (χ0) is 14.1. The number of hydrogen-bond acceptors (Lipinski definition) is 3. The van der Waals surface area contributed by atoms with Crippen molar-refractivity contribution in [2.75, 3.05) is 0 Å². The van der Waals surface area contributed by atoms with Gasteiger partial charge >= 0.3 is 0 Å². The lowest BCUT2D eigenvalue weighted by atomic mass is 10.1. The van der Waals surface area contributed by atoms with Gasteiger partial charge in [-0.2, -0.15) is 0 Å². The van der Waals surface area contributed by atoms with E-state index in [4.69, 9.17) is 0 Å².